The maximum absolute atomic E-state index is 13.4. The van der Waals surface area contributed by atoms with E-state index in [-0.39, 0.29) is 22.6 Å². The number of rotatable bonds is 2. The molecule has 0 spiro atoms. The maximum Gasteiger partial charge on any atom is 0.341 e. The number of esters is 1. The van der Waals surface area contributed by atoms with E-state index in [2.05, 4.69) is 17.4 Å². The summed E-state index contributed by atoms with van der Waals surface area (Å²) in [6.45, 7) is 1.77. The van der Waals surface area contributed by atoms with Crippen molar-refractivity contribution in [1.82, 2.24) is 0 Å². The average Bonchev–Trinajstić information content (AvgIpc) is 2.22. The van der Waals surface area contributed by atoms with Crippen LogP contribution < -0.4 is 0 Å². The van der Waals surface area contributed by atoms with Crippen LogP contribution in [0.25, 0.3) is 0 Å². The Morgan fingerprint density at radius 2 is 2.33 bits per heavy atom. The van der Waals surface area contributed by atoms with Gasteiger partial charge in [0, 0.05) is 4.90 Å². The Labute approximate surface area is 91.9 Å². The van der Waals surface area contributed by atoms with Crippen LogP contribution in [0.1, 0.15) is 22.8 Å². The third-order valence-electron chi connectivity index (χ3n) is 1.68. The first kappa shape index (κ1) is 11.5. The summed E-state index contributed by atoms with van der Waals surface area (Å²) in [6.07, 6.45) is 0. The molecule has 0 aliphatic rings. The van der Waals surface area contributed by atoms with Crippen molar-refractivity contribution in [1.29, 1.82) is 5.26 Å². The number of benzene rings is 1. The Balaban J connectivity index is 3.23. The van der Waals surface area contributed by atoms with Gasteiger partial charge in [0.05, 0.1) is 23.8 Å². The lowest BCUT2D eigenvalue weighted by atomic mass is 10.1. The summed E-state index contributed by atoms with van der Waals surface area (Å²) in [6, 6.07) is 4.21. The highest BCUT2D eigenvalue weighted by molar-refractivity contribution is 7.80. The fourth-order valence-corrected chi connectivity index (χ4v) is 1.29. The van der Waals surface area contributed by atoms with Crippen molar-refractivity contribution >= 4 is 18.6 Å². The monoisotopic (exact) mass is 225 g/mol. The molecule has 3 nitrogen and oxygen atoms in total. The minimum Gasteiger partial charge on any atom is -0.462 e. The van der Waals surface area contributed by atoms with Crippen LogP contribution in [0.2, 0.25) is 0 Å². The molecule has 5 heteroatoms. The van der Waals surface area contributed by atoms with E-state index in [1.54, 1.807) is 6.92 Å². The van der Waals surface area contributed by atoms with Crippen LogP contribution in [0, 0.1) is 17.1 Å². The van der Waals surface area contributed by atoms with Crippen molar-refractivity contribution in [2.24, 2.45) is 0 Å². The van der Waals surface area contributed by atoms with E-state index in [1.165, 1.54) is 6.07 Å². The molecule has 0 amide bonds. The topological polar surface area (TPSA) is 50.1 Å². The number of thiol groups is 1. The first-order valence-corrected chi connectivity index (χ1v) is 4.64. The van der Waals surface area contributed by atoms with Gasteiger partial charge >= 0.3 is 5.97 Å². The number of hydrogen-bond acceptors (Lipinski definition) is 4. The van der Waals surface area contributed by atoms with Gasteiger partial charge in [0.25, 0.3) is 0 Å². The largest absolute Gasteiger partial charge is 0.462 e. The minimum absolute atomic E-state index is 0.0443. The van der Waals surface area contributed by atoms with Crippen molar-refractivity contribution in [3.63, 3.8) is 0 Å². The predicted molar refractivity (Wildman–Crippen MR) is 54.3 cm³/mol. The molecule has 1 rings (SSSR count). The van der Waals surface area contributed by atoms with Gasteiger partial charge in [0.1, 0.15) is 0 Å². The van der Waals surface area contributed by atoms with Crippen LogP contribution in [0.5, 0.6) is 0 Å². The Kier molecular flexibility index (Phi) is 3.69. The number of halogens is 1. The van der Waals surface area contributed by atoms with Crippen molar-refractivity contribution < 1.29 is 13.9 Å². The van der Waals surface area contributed by atoms with Crippen LogP contribution in [-0.2, 0) is 4.74 Å². The number of nitriles is 1. The lowest BCUT2D eigenvalue weighted by Gasteiger charge is -2.05. The summed E-state index contributed by atoms with van der Waals surface area (Å²) in [4.78, 5) is 11.2. The molecule has 1 aromatic carbocycles. The van der Waals surface area contributed by atoms with Crippen LogP contribution >= 0.6 is 12.6 Å². The van der Waals surface area contributed by atoms with Gasteiger partial charge in [0.2, 0.25) is 0 Å². The van der Waals surface area contributed by atoms with Gasteiger partial charge in [-0.15, -0.1) is 12.6 Å². The van der Waals surface area contributed by atoms with Crippen molar-refractivity contribution in [2.75, 3.05) is 6.61 Å². The molecule has 0 aromatic heterocycles. The summed E-state index contributed by atoms with van der Waals surface area (Å²) in [5.74, 6) is -1.56. The summed E-state index contributed by atoms with van der Waals surface area (Å²) < 4.78 is 18.0. The second-order valence-corrected chi connectivity index (χ2v) is 3.17. The molecule has 0 aliphatic carbocycles. The number of carbonyl (C=O) groups excluding carboxylic acids is 1. The summed E-state index contributed by atoms with van der Waals surface area (Å²) >= 11 is 3.82. The van der Waals surface area contributed by atoms with E-state index >= 15 is 0 Å². The highest BCUT2D eigenvalue weighted by atomic mass is 32.1. The first-order chi connectivity index (χ1) is 7.10. The van der Waals surface area contributed by atoms with Gasteiger partial charge in [-0.2, -0.15) is 5.26 Å². The molecule has 0 radical (unpaired) electrons. The molecule has 0 aliphatic heterocycles. The molecule has 0 heterocycles. The zero-order valence-electron chi connectivity index (χ0n) is 7.95. The normalized spacial score (nSPS) is 9.47. The number of nitrogens with zero attached hydrogens (tertiary/aromatic N) is 1. The van der Waals surface area contributed by atoms with E-state index in [1.807, 2.05) is 6.07 Å². The molecule has 0 fully saturated rings. The van der Waals surface area contributed by atoms with Crippen molar-refractivity contribution in [2.45, 2.75) is 11.8 Å². The lowest BCUT2D eigenvalue weighted by Crippen LogP contribution is -2.08. The SMILES string of the molecule is CCOC(=O)c1cc(C#N)cc(S)c1F. The molecule has 0 bridgehead atoms. The Morgan fingerprint density at radius 3 is 2.87 bits per heavy atom. The smallest absolute Gasteiger partial charge is 0.341 e. The van der Waals surface area contributed by atoms with Gasteiger partial charge in [-0.25, -0.2) is 9.18 Å². The zero-order valence-corrected chi connectivity index (χ0v) is 8.85. The van der Waals surface area contributed by atoms with Crippen molar-refractivity contribution in [3.05, 3.63) is 29.1 Å². The molecule has 0 saturated heterocycles. The van der Waals surface area contributed by atoms with Gasteiger partial charge in [0.15, 0.2) is 5.82 Å². The fourth-order valence-electron chi connectivity index (χ4n) is 1.03. The number of hydrogen-bond donors (Lipinski definition) is 1. The van der Waals surface area contributed by atoms with Crippen LogP contribution in [-0.4, -0.2) is 12.6 Å². The van der Waals surface area contributed by atoms with E-state index in [4.69, 9.17) is 5.26 Å². The van der Waals surface area contributed by atoms with Crippen LogP contribution in [0.4, 0.5) is 4.39 Å². The van der Waals surface area contributed by atoms with Gasteiger partial charge in [-0.3, -0.25) is 0 Å². The third kappa shape index (κ3) is 2.48. The van der Waals surface area contributed by atoms with Gasteiger partial charge in [-0.1, -0.05) is 0 Å². The highest BCUT2D eigenvalue weighted by Crippen LogP contribution is 2.19. The molecular formula is C10H8FNO2S. The molecule has 0 unspecified atom stereocenters. The molecule has 78 valence electrons. The average molecular weight is 225 g/mol. The molecule has 0 atom stereocenters. The minimum atomic E-state index is -0.789. The summed E-state index contributed by atoms with van der Waals surface area (Å²) in [5, 5.41) is 8.63. The predicted octanol–water partition coefficient (Wildman–Crippen LogP) is 2.16. The van der Waals surface area contributed by atoms with Crippen molar-refractivity contribution in [3.8, 4) is 6.07 Å². The first-order valence-electron chi connectivity index (χ1n) is 4.19. The second-order valence-electron chi connectivity index (χ2n) is 2.69. The highest BCUT2D eigenvalue weighted by Gasteiger charge is 2.16. The van der Waals surface area contributed by atoms with Crippen LogP contribution in [0.3, 0.4) is 0 Å². The third-order valence-corrected chi connectivity index (χ3v) is 2.00. The molecule has 1 aromatic rings. The number of carbonyl (C=O) groups is 1. The number of ether oxygens (including phenoxy) is 1. The Morgan fingerprint density at radius 1 is 1.67 bits per heavy atom. The summed E-state index contributed by atoms with van der Waals surface area (Å²) in [5.41, 5.74) is -0.0923. The quantitative estimate of drug-likeness (QED) is 0.619. The second kappa shape index (κ2) is 4.80. The molecule has 15 heavy (non-hydrogen) atoms. The molecule has 0 saturated carbocycles. The van der Waals surface area contributed by atoms with Gasteiger partial charge in [-0.05, 0) is 19.1 Å². The molecule has 0 N–H and O–H groups in total. The Bertz CT molecular complexity index is 440. The van der Waals surface area contributed by atoms with E-state index in [9.17, 15) is 9.18 Å². The fraction of sp³-hybridized carbons (Fsp3) is 0.200. The lowest BCUT2D eigenvalue weighted by molar-refractivity contribution is 0.0520. The zero-order chi connectivity index (χ0) is 11.4. The summed E-state index contributed by atoms with van der Waals surface area (Å²) in [7, 11) is 0. The van der Waals surface area contributed by atoms with E-state index < -0.39 is 11.8 Å². The molecular weight excluding hydrogens is 217 g/mol. The maximum atomic E-state index is 13.4. The van der Waals surface area contributed by atoms with Gasteiger partial charge < -0.3 is 4.74 Å². The van der Waals surface area contributed by atoms with E-state index in [0.29, 0.717) is 0 Å². The van der Waals surface area contributed by atoms with Crippen LogP contribution in [0.15, 0.2) is 17.0 Å². The standard InChI is InChI=1S/C10H8FNO2S/c1-2-14-10(13)7-3-6(5-12)4-8(15)9(7)11/h3-4,15H,2H2,1H3. The Hall–Kier alpha value is -1.54. The van der Waals surface area contributed by atoms with E-state index in [0.717, 1.165) is 6.07 Å².